The third-order valence-electron chi connectivity index (χ3n) is 2.54. The molecule has 1 aromatic heterocycles. The molecule has 1 heterocycles. The van der Waals surface area contributed by atoms with Crippen molar-refractivity contribution in [3.63, 3.8) is 0 Å². The number of methoxy groups -OCH3 is 1. The molecule has 1 N–H and O–H groups in total. The molecule has 4 nitrogen and oxygen atoms in total. The quantitative estimate of drug-likeness (QED) is 0.878. The Morgan fingerprint density at radius 2 is 2.22 bits per heavy atom. The van der Waals surface area contributed by atoms with Crippen LogP contribution in [0.5, 0.6) is 5.75 Å². The number of hydrogen-bond acceptors (Lipinski definition) is 3. The Morgan fingerprint density at radius 3 is 2.94 bits per heavy atom. The van der Waals surface area contributed by atoms with E-state index in [-0.39, 0.29) is 5.91 Å². The largest absolute Gasteiger partial charge is 0.497 e. The van der Waals surface area contributed by atoms with Crippen LogP contribution in [0.2, 0.25) is 0 Å². The van der Waals surface area contributed by atoms with Crippen molar-refractivity contribution in [1.82, 2.24) is 5.32 Å². The molecule has 0 aliphatic heterocycles. The summed E-state index contributed by atoms with van der Waals surface area (Å²) in [7, 11) is 1.61. The summed E-state index contributed by atoms with van der Waals surface area (Å²) in [5.41, 5.74) is 0.922. The maximum Gasteiger partial charge on any atom is 0.224 e. The molecule has 18 heavy (non-hydrogen) atoms. The molecule has 94 valence electrons. The summed E-state index contributed by atoms with van der Waals surface area (Å²) in [6, 6.07) is 11.1. The van der Waals surface area contributed by atoms with E-state index in [0.717, 1.165) is 17.1 Å². The number of furan rings is 1. The first-order valence-electron chi connectivity index (χ1n) is 5.70. The van der Waals surface area contributed by atoms with Gasteiger partial charge in [-0.3, -0.25) is 4.79 Å². The van der Waals surface area contributed by atoms with Crippen LogP contribution in [0.1, 0.15) is 11.3 Å². The van der Waals surface area contributed by atoms with Crippen molar-refractivity contribution in [3.05, 3.63) is 54.0 Å². The monoisotopic (exact) mass is 245 g/mol. The van der Waals surface area contributed by atoms with Crippen molar-refractivity contribution in [2.45, 2.75) is 13.0 Å². The molecule has 0 unspecified atom stereocenters. The van der Waals surface area contributed by atoms with E-state index in [1.165, 1.54) is 0 Å². The molecule has 0 saturated heterocycles. The predicted octanol–water partition coefficient (Wildman–Crippen LogP) is 2.15. The molecule has 0 saturated carbocycles. The molecule has 1 aromatic carbocycles. The van der Waals surface area contributed by atoms with E-state index in [0.29, 0.717) is 13.0 Å². The van der Waals surface area contributed by atoms with Gasteiger partial charge >= 0.3 is 0 Å². The number of ether oxygens (including phenoxy) is 1. The van der Waals surface area contributed by atoms with Gasteiger partial charge in [-0.2, -0.15) is 0 Å². The van der Waals surface area contributed by atoms with Crippen LogP contribution in [0.3, 0.4) is 0 Å². The second-order valence-electron chi connectivity index (χ2n) is 3.88. The van der Waals surface area contributed by atoms with Crippen LogP contribution in [0.4, 0.5) is 0 Å². The molecule has 0 radical (unpaired) electrons. The first kappa shape index (κ1) is 12.2. The topological polar surface area (TPSA) is 51.5 Å². The van der Waals surface area contributed by atoms with E-state index in [1.807, 2.05) is 30.3 Å². The molecule has 0 bridgehead atoms. The highest BCUT2D eigenvalue weighted by atomic mass is 16.5. The Morgan fingerprint density at radius 1 is 1.33 bits per heavy atom. The highest BCUT2D eigenvalue weighted by molar-refractivity contribution is 5.78. The Kier molecular flexibility index (Phi) is 4.02. The number of nitrogens with one attached hydrogen (secondary N) is 1. The van der Waals surface area contributed by atoms with Crippen LogP contribution in [0.25, 0.3) is 0 Å². The number of carbonyl (C=O) groups is 1. The Balaban J connectivity index is 1.86. The molecule has 2 rings (SSSR count). The number of benzene rings is 1. The molecule has 0 fully saturated rings. The maximum absolute atomic E-state index is 11.7. The minimum absolute atomic E-state index is 0.0420. The number of amides is 1. The van der Waals surface area contributed by atoms with Crippen molar-refractivity contribution >= 4 is 5.91 Å². The first-order valence-corrected chi connectivity index (χ1v) is 5.70. The summed E-state index contributed by atoms with van der Waals surface area (Å²) < 4.78 is 10.2. The van der Waals surface area contributed by atoms with Gasteiger partial charge < -0.3 is 14.5 Å². The van der Waals surface area contributed by atoms with Crippen molar-refractivity contribution in [2.24, 2.45) is 0 Å². The number of carbonyl (C=O) groups excluding carboxylic acids is 1. The van der Waals surface area contributed by atoms with E-state index >= 15 is 0 Å². The van der Waals surface area contributed by atoms with E-state index in [1.54, 1.807) is 19.4 Å². The van der Waals surface area contributed by atoms with Gasteiger partial charge in [0.2, 0.25) is 5.91 Å². The van der Waals surface area contributed by atoms with Gasteiger partial charge in [0.25, 0.3) is 0 Å². The van der Waals surface area contributed by atoms with E-state index in [4.69, 9.17) is 9.15 Å². The Bertz CT molecular complexity index is 506. The number of rotatable bonds is 5. The van der Waals surface area contributed by atoms with Crippen molar-refractivity contribution in [2.75, 3.05) is 7.11 Å². The van der Waals surface area contributed by atoms with Crippen LogP contribution in [0, 0.1) is 0 Å². The van der Waals surface area contributed by atoms with Gasteiger partial charge in [0.15, 0.2) is 0 Å². The highest BCUT2D eigenvalue weighted by Gasteiger charge is 2.05. The molecular weight excluding hydrogens is 230 g/mol. The summed E-state index contributed by atoms with van der Waals surface area (Å²) in [6.07, 6.45) is 1.92. The maximum atomic E-state index is 11.7. The van der Waals surface area contributed by atoms with Crippen molar-refractivity contribution < 1.29 is 13.9 Å². The molecular formula is C14H15NO3. The lowest BCUT2D eigenvalue weighted by molar-refractivity contribution is -0.120. The number of hydrogen-bond donors (Lipinski definition) is 1. The average Bonchev–Trinajstić information content (AvgIpc) is 2.90. The second kappa shape index (κ2) is 5.91. The first-order chi connectivity index (χ1) is 8.78. The van der Waals surface area contributed by atoms with Gasteiger partial charge in [-0.1, -0.05) is 12.1 Å². The van der Waals surface area contributed by atoms with Gasteiger partial charge in [0, 0.05) is 0 Å². The molecule has 1 amide bonds. The second-order valence-corrected chi connectivity index (χ2v) is 3.88. The SMILES string of the molecule is COc1cccc(CC(=O)NCc2ccco2)c1. The highest BCUT2D eigenvalue weighted by Crippen LogP contribution is 2.12. The zero-order chi connectivity index (χ0) is 12.8. The Labute approximate surface area is 106 Å². The van der Waals surface area contributed by atoms with Gasteiger partial charge in [0.05, 0.1) is 26.3 Å². The summed E-state index contributed by atoms with van der Waals surface area (Å²) >= 11 is 0. The Hall–Kier alpha value is -2.23. The fraction of sp³-hybridized carbons (Fsp3) is 0.214. The summed E-state index contributed by atoms with van der Waals surface area (Å²) in [5.74, 6) is 1.46. The van der Waals surface area contributed by atoms with E-state index in [9.17, 15) is 4.79 Å². The zero-order valence-corrected chi connectivity index (χ0v) is 10.2. The zero-order valence-electron chi connectivity index (χ0n) is 10.2. The fourth-order valence-electron chi connectivity index (χ4n) is 1.63. The third kappa shape index (κ3) is 3.38. The summed E-state index contributed by atoms with van der Waals surface area (Å²) in [6.45, 7) is 0.413. The average molecular weight is 245 g/mol. The molecule has 0 aliphatic rings. The summed E-state index contributed by atoms with van der Waals surface area (Å²) in [5, 5.41) is 2.80. The predicted molar refractivity (Wildman–Crippen MR) is 67.3 cm³/mol. The van der Waals surface area contributed by atoms with Gasteiger partial charge in [-0.05, 0) is 29.8 Å². The normalized spacial score (nSPS) is 10.1. The lowest BCUT2D eigenvalue weighted by Crippen LogP contribution is -2.24. The van der Waals surface area contributed by atoms with Gasteiger partial charge in [-0.25, -0.2) is 0 Å². The third-order valence-corrected chi connectivity index (χ3v) is 2.54. The summed E-state index contributed by atoms with van der Waals surface area (Å²) in [4.78, 5) is 11.7. The molecule has 0 aliphatic carbocycles. The van der Waals surface area contributed by atoms with Crippen LogP contribution in [-0.4, -0.2) is 13.0 Å². The molecule has 0 atom stereocenters. The standard InChI is InChI=1S/C14H15NO3/c1-17-12-5-2-4-11(8-12)9-14(16)15-10-13-6-3-7-18-13/h2-8H,9-10H2,1H3,(H,15,16). The van der Waals surface area contributed by atoms with Crippen LogP contribution < -0.4 is 10.1 Å². The van der Waals surface area contributed by atoms with Gasteiger partial charge in [-0.15, -0.1) is 0 Å². The smallest absolute Gasteiger partial charge is 0.224 e. The van der Waals surface area contributed by atoms with Crippen LogP contribution in [0.15, 0.2) is 47.1 Å². The minimum Gasteiger partial charge on any atom is -0.497 e. The van der Waals surface area contributed by atoms with E-state index in [2.05, 4.69) is 5.32 Å². The van der Waals surface area contributed by atoms with E-state index < -0.39 is 0 Å². The van der Waals surface area contributed by atoms with Crippen molar-refractivity contribution in [3.8, 4) is 5.75 Å². The lowest BCUT2D eigenvalue weighted by Gasteiger charge is -2.05. The molecule has 0 spiro atoms. The lowest BCUT2D eigenvalue weighted by atomic mass is 10.1. The van der Waals surface area contributed by atoms with Crippen molar-refractivity contribution in [1.29, 1.82) is 0 Å². The molecule has 2 aromatic rings. The van der Waals surface area contributed by atoms with Gasteiger partial charge in [0.1, 0.15) is 11.5 Å². The molecule has 4 heteroatoms. The van der Waals surface area contributed by atoms with Crippen LogP contribution >= 0.6 is 0 Å². The fourth-order valence-corrected chi connectivity index (χ4v) is 1.63. The van der Waals surface area contributed by atoms with Crippen LogP contribution in [-0.2, 0) is 17.8 Å². The minimum atomic E-state index is -0.0420.